The van der Waals surface area contributed by atoms with Crippen LogP contribution in [0.1, 0.15) is 21.7 Å². The second-order valence-electron chi connectivity index (χ2n) is 3.65. The fourth-order valence-electron chi connectivity index (χ4n) is 1.69. The lowest BCUT2D eigenvalue weighted by Crippen LogP contribution is -2.18. The molecule has 0 saturated heterocycles. The minimum atomic E-state index is -0.556. The topological polar surface area (TPSA) is 113 Å². The average molecular weight is 232 g/mol. The Kier molecular flexibility index (Phi) is 2.51. The predicted octanol–water partition coefficient (Wildman–Crippen LogP) is -0.0398. The van der Waals surface area contributed by atoms with E-state index in [2.05, 4.69) is 15.1 Å². The van der Waals surface area contributed by atoms with Gasteiger partial charge in [0.2, 0.25) is 5.95 Å². The minimum Gasteiger partial charge on any atom is -0.366 e. The van der Waals surface area contributed by atoms with Gasteiger partial charge in [0.25, 0.3) is 5.91 Å². The molecule has 0 aliphatic carbocycles. The first-order valence-electron chi connectivity index (χ1n) is 4.94. The highest BCUT2D eigenvalue weighted by Gasteiger charge is 2.16. The maximum atomic E-state index is 11.4. The van der Waals surface area contributed by atoms with Gasteiger partial charge in [-0.05, 0) is 19.9 Å². The monoisotopic (exact) mass is 232 g/mol. The molecule has 1 amide bonds. The van der Waals surface area contributed by atoms with Crippen molar-refractivity contribution in [2.24, 2.45) is 5.73 Å². The Balaban J connectivity index is 2.71. The van der Waals surface area contributed by atoms with Crippen LogP contribution in [0.5, 0.6) is 0 Å². The summed E-state index contributed by atoms with van der Waals surface area (Å²) in [5.41, 5.74) is 13.0. The van der Waals surface area contributed by atoms with Crippen molar-refractivity contribution in [3.63, 3.8) is 0 Å². The Morgan fingerprint density at radius 3 is 2.65 bits per heavy atom. The summed E-state index contributed by atoms with van der Waals surface area (Å²) in [6, 6.07) is 1.71. The molecule has 88 valence electrons. The molecule has 2 rings (SSSR count). The van der Waals surface area contributed by atoms with Gasteiger partial charge in [0.1, 0.15) is 6.33 Å². The largest absolute Gasteiger partial charge is 0.366 e. The van der Waals surface area contributed by atoms with Crippen molar-refractivity contribution in [2.45, 2.75) is 13.8 Å². The van der Waals surface area contributed by atoms with Crippen LogP contribution in [-0.4, -0.2) is 25.7 Å². The maximum absolute atomic E-state index is 11.4. The number of anilines is 1. The molecule has 4 N–H and O–H groups in total. The van der Waals surface area contributed by atoms with Gasteiger partial charge >= 0.3 is 0 Å². The van der Waals surface area contributed by atoms with E-state index in [0.717, 1.165) is 5.69 Å². The number of hydrogen-bond donors (Lipinski definition) is 2. The Morgan fingerprint density at radius 2 is 2.12 bits per heavy atom. The van der Waals surface area contributed by atoms with Gasteiger partial charge in [-0.2, -0.15) is 0 Å². The zero-order chi connectivity index (χ0) is 12.6. The molecule has 0 aliphatic heterocycles. The molecule has 17 heavy (non-hydrogen) atoms. The Morgan fingerprint density at radius 1 is 1.41 bits per heavy atom. The molecule has 2 aromatic heterocycles. The van der Waals surface area contributed by atoms with Crippen LogP contribution < -0.4 is 11.5 Å². The lowest BCUT2D eigenvalue weighted by molar-refractivity contribution is 0.0999. The highest BCUT2D eigenvalue weighted by Crippen LogP contribution is 2.17. The molecule has 0 atom stereocenters. The lowest BCUT2D eigenvalue weighted by Gasteiger charge is -2.09. The fourth-order valence-corrected chi connectivity index (χ4v) is 1.69. The molecule has 0 unspecified atom stereocenters. The summed E-state index contributed by atoms with van der Waals surface area (Å²) in [7, 11) is 0. The van der Waals surface area contributed by atoms with Crippen LogP contribution in [0.25, 0.3) is 5.69 Å². The van der Waals surface area contributed by atoms with E-state index >= 15 is 0 Å². The summed E-state index contributed by atoms with van der Waals surface area (Å²) < 4.78 is 1.41. The number of hydrogen-bond acceptors (Lipinski definition) is 5. The van der Waals surface area contributed by atoms with E-state index in [-0.39, 0.29) is 5.95 Å². The van der Waals surface area contributed by atoms with Crippen molar-refractivity contribution in [3.05, 3.63) is 29.3 Å². The summed E-state index contributed by atoms with van der Waals surface area (Å²) in [6.07, 6.45) is 1.43. The number of carbonyl (C=O) groups excluding carboxylic acids is 1. The number of aromatic nitrogens is 4. The number of nitrogens with two attached hydrogens (primary N) is 2. The number of nitrogens with zero attached hydrogens (tertiary/aromatic N) is 4. The highest BCUT2D eigenvalue weighted by molar-refractivity contribution is 5.97. The van der Waals surface area contributed by atoms with E-state index in [1.807, 2.05) is 6.92 Å². The van der Waals surface area contributed by atoms with Gasteiger partial charge < -0.3 is 11.5 Å². The Bertz CT molecular complexity index is 588. The third kappa shape index (κ3) is 1.94. The first-order chi connectivity index (χ1) is 7.99. The van der Waals surface area contributed by atoms with Crippen LogP contribution in [0.4, 0.5) is 5.95 Å². The van der Waals surface area contributed by atoms with Crippen LogP contribution in [0, 0.1) is 13.8 Å². The van der Waals surface area contributed by atoms with Gasteiger partial charge in [0.05, 0.1) is 16.9 Å². The third-order valence-corrected chi connectivity index (χ3v) is 2.31. The Labute approximate surface area is 97.5 Å². The van der Waals surface area contributed by atoms with Crippen LogP contribution in [-0.2, 0) is 0 Å². The SMILES string of the molecule is Cc1cc(-n2cnc(N)n2)c(C(N)=O)c(C)n1. The van der Waals surface area contributed by atoms with Crippen molar-refractivity contribution in [1.82, 2.24) is 19.7 Å². The number of pyridine rings is 1. The summed E-state index contributed by atoms with van der Waals surface area (Å²) >= 11 is 0. The molecule has 0 radical (unpaired) electrons. The molecule has 0 aromatic carbocycles. The fraction of sp³-hybridized carbons (Fsp3) is 0.200. The van der Waals surface area contributed by atoms with E-state index in [1.54, 1.807) is 13.0 Å². The van der Waals surface area contributed by atoms with Gasteiger partial charge in [0, 0.05) is 5.69 Å². The molecule has 0 fully saturated rings. The third-order valence-electron chi connectivity index (χ3n) is 2.31. The average Bonchev–Trinajstić information content (AvgIpc) is 2.62. The van der Waals surface area contributed by atoms with E-state index in [9.17, 15) is 4.79 Å². The number of rotatable bonds is 2. The number of amides is 1. The van der Waals surface area contributed by atoms with E-state index < -0.39 is 5.91 Å². The second-order valence-corrected chi connectivity index (χ2v) is 3.65. The zero-order valence-corrected chi connectivity index (χ0v) is 9.51. The molecule has 0 saturated carbocycles. The van der Waals surface area contributed by atoms with Gasteiger partial charge in [-0.1, -0.05) is 0 Å². The molecule has 2 aromatic rings. The predicted molar refractivity (Wildman–Crippen MR) is 61.6 cm³/mol. The van der Waals surface area contributed by atoms with Crippen LogP contribution in [0.2, 0.25) is 0 Å². The molecule has 2 heterocycles. The molecule has 0 spiro atoms. The number of nitrogen functional groups attached to an aromatic ring is 1. The molecular formula is C10H12N6O. The number of aryl methyl sites for hydroxylation is 2. The molecule has 7 nitrogen and oxygen atoms in total. The summed E-state index contributed by atoms with van der Waals surface area (Å²) in [5.74, 6) is -0.424. The second kappa shape index (κ2) is 3.85. The van der Waals surface area contributed by atoms with Crippen molar-refractivity contribution >= 4 is 11.9 Å². The first-order valence-corrected chi connectivity index (χ1v) is 4.94. The first kappa shape index (κ1) is 11.1. The smallest absolute Gasteiger partial charge is 0.252 e. The van der Waals surface area contributed by atoms with Crippen molar-refractivity contribution in [2.75, 3.05) is 5.73 Å². The molecular weight excluding hydrogens is 220 g/mol. The van der Waals surface area contributed by atoms with E-state index in [1.165, 1.54) is 11.0 Å². The van der Waals surface area contributed by atoms with Crippen LogP contribution in [0.3, 0.4) is 0 Å². The van der Waals surface area contributed by atoms with Crippen LogP contribution >= 0.6 is 0 Å². The van der Waals surface area contributed by atoms with E-state index in [0.29, 0.717) is 16.9 Å². The number of primary amides is 1. The van der Waals surface area contributed by atoms with Crippen molar-refractivity contribution < 1.29 is 4.79 Å². The summed E-state index contributed by atoms with van der Waals surface area (Å²) in [6.45, 7) is 3.54. The molecule has 0 aliphatic rings. The van der Waals surface area contributed by atoms with Crippen molar-refractivity contribution in [1.29, 1.82) is 0 Å². The van der Waals surface area contributed by atoms with Gasteiger partial charge in [-0.25, -0.2) is 9.67 Å². The number of carbonyl (C=O) groups is 1. The maximum Gasteiger partial charge on any atom is 0.252 e. The van der Waals surface area contributed by atoms with E-state index in [4.69, 9.17) is 11.5 Å². The zero-order valence-electron chi connectivity index (χ0n) is 9.51. The van der Waals surface area contributed by atoms with Crippen molar-refractivity contribution in [3.8, 4) is 5.69 Å². The standard InChI is InChI=1S/C10H12N6O/c1-5-3-7(16-4-13-10(12)15-16)8(9(11)17)6(2)14-5/h3-4H,1-2H3,(H2,11,17)(H2,12,15). The van der Waals surface area contributed by atoms with Gasteiger partial charge in [-0.15, -0.1) is 5.10 Å². The molecule has 7 heteroatoms. The summed E-state index contributed by atoms with van der Waals surface area (Å²) in [5, 5.41) is 3.95. The van der Waals surface area contributed by atoms with Gasteiger partial charge in [-0.3, -0.25) is 9.78 Å². The lowest BCUT2D eigenvalue weighted by atomic mass is 10.1. The summed E-state index contributed by atoms with van der Waals surface area (Å²) in [4.78, 5) is 19.4. The quantitative estimate of drug-likeness (QED) is 0.754. The Hall–Kier alpha value is -2.44. The van der Waals surface area contributed by atoms with Crippen LogP contribution in [0.15, 0.2) is 12.4 Å². The molecule has 0 bridgehead atoms. The normalized spacial score (nSPS) is 10.5. The van der Waals surface area contributed by atoms with Gasteiger partial charge in [0.15, 0.2) is 0 Å². The minimum absolute atomic E-state index is 0.132. The highest BCUT2D eigenvalue weighted by atomic mass is 16.1.